The van der Waals surface area contributed by atoms with Crippen molar-refractivity contribution in [3.8, 4) is 5.75 Å². The van der Waals surface area contributed by atoms with Crippen molar-refractivity contribution in [2.45, 2.75) is 26.0 Å². The van der Waals surface area contributed by atoms with Gasteiger partial charge in [0.2, 0.25) is 5.76 Å². The molecule has 1 aliphatic heterocycles. The number of carbonyl (C=O) groups is 2. The fraction of sp³-hybridized carbons (Fsp3) is 0.476. The number of ether oxygens (including phenoxy) is 2. The van der Waals surface area contributed by atoms with Gasteiger partial charge in [-0.05, 0) is 31.0 Å². The number of anilines is 1. The van der Waals surface area contributed by atoms with Gasteiger partial charge in [-0.1, -0.05) is 12.1 Å². The lowest BCUT2D eigenvalue weighted by Crippen LogP contribution is -2.44. The van der Waals surface area contributed by atoms with Crippen LogP contribution in [-0.4, -0.2) is 67.9 Å². The van der Waals surface area contributed by atoms with E-state index in [1.54, 1.807) is 37.3 Å². The number of amides is 2. The first-order valence-corrected chi connectivity index (χ1v) is 9.89. The standard InChI is InChI=1S/C21H28N4O5/c1-13-10-22-14(2)12-29-17-6-5-15(24-20(26)18-7-8-23-30-18)9-16(17)21(27)25(3)11-19(13)28-4/h5-9,13-14,19,22H,10-12H2,1-4H3,(H,24,26)/t13-,14+,19+/m0/s1. The number of rotatable bonds is 3. The van der Waals surface area contributed by atoms with Crippen molar-refractivity contribution in [3.63, 3.8) is 0 Å². The van der Waals surface area contributed by atoms with Crippen molar-refractivity contribution in [2.24, 2.45) is 5.92 Å². The van der Waals surface area contributed by atoms with Crippen LogP contribution in [-0.2, 0) is 4.74 Å². The van der Waals surface area contributed by atoms with Crippen LogP contribution in [0.15, 0.2) is 35.0 Å². The number of methoxy groups -OCH3 is 1. The molecular formula is C21H28N4O5. The largest absolute Gasteiger partial charge is 0.491 e. The Kier molecular flexibility index (Phi) is 7.07. The Bertz CT molecular complexity index is 870. The van der Waals surface area contributed by atoms with Crippen molar-refractivity contribution < 1.29 is 23.6 Å². The van der Waals surface area contributed by atoms with E-state index < -0.39 is 5.91 Å². The minimum absolute atomic E-state index is 0.0827. The molecule has 1 aromatic carbocycles. The molecule has 162 valence electrons. The van der Waals surface area contributed by atoms with Crippen molar-refractivity contribution >= 4 is 17.5 Å². The number of nitrogens with zero attached hydrogens (tertiary/aromatic N) is 2. The Hall–Kier alpha value is -2.91. The second-order valence-corrected chi connectivity index (χ2v) is 7.60. The molecule has 2 aromatic rings. The molecule has 2 N–H and O–H groups in total. The normalized spacial score (nSPS) is 23.0. The van der Waals surface area contributed by atoms with Gasteiger partial charge in [-0.25, -0.2) is 0 Å². The molecule has 0 radical (unpaired) electrons. The van der Waals surface area contributed by atoms with Crippen LogP contribution in [0, 0.1) is 5.92 Å². The summed E-state index contributed by atoms with van der Waals surface area (Å²) in [5.74, 6) is 0.0868. The summed E-state index contributed by atoms with van der Waals surface area (Å²) in [5, 5.41) is 9.69. The van der Waals surface area contributed by atoms with Crippen LogP contribution >= 0.6 is 0 Å². The predicted octanol–water partition coefficient (Wildman–Crippen LogP) is 2.02. The van der Waals surface area contributed by atoms with Crippen molar-refractivity contribution in [3.05, 3.63) is 41.8 Å². The van der Waals surface area contributed by atoms with Gasteiger partial charge in [0, 0.05) is 45.0 Å². The molecule has 0 spiro atoms. The van der Waals surface area contributed by atoms with E-state index in [-0.39, 0.29) is 29.7 Å². The Labute approximate surface area is 175 Å². The number of aromatic nitrogens is 1. The molecule has 0 saturated carbocycles. The van der Waals surface area contributed by atoms with E-state index in [0.29, 0.717) is 30.2 Å². The van der Waals surface area contributed by atoms with Crippen LogP contribution in [0.5, 0.6) is 5.75 Å². The van der Waals surface area contributed by atoms with Crippen LogP contribution in [0.1, 0.15) is 34.8 Å². The zero-order valence-corrected chi connectivity index (χ0v) is 17.7. The molecule has 3 rings (SSSR count). The van der Waals surface area contributed by atoms with E-state index in [1.165, 1.54) is 12.3 Å². The molecule has 0 bridgehead atoms. The maximum atomic E-state index is 13.2. The first-order valence-electron chi connectivity index (χ1n) is 9.89. The quantitative estimate of drug-likeness (QED) is 0.788. The average Bonchev–Trinajstić information content (AvgIpc) is 3.28. The van der Waals surface area contributed by atoms with E-state index in [2.05, 4.69) is 22.7 Å². The fourth-order valence-electron chi connectivity index (χ4n) is 3.26. The van der Waals surface area contributed by atoms with E-state index >= 15 is 0 Å². The number of benzene rings is 1. The van der Waals surface area contributed by atoms with Gasteiger partial charge in [-0.2, -0.15) is 0 Å². The maximum Gasteiger partial charge on any atom is 0.294 e. The third kappa shape index (κ3) is 5.17. The van der Waals surface area contributed by atoms with Crippen LogP contribution in [0.2, 0.25) is 0 Å². The summed E-state index contributed by atoms with van der Waals surface area (Å²) < 4.78 is 16.4. The molecule has 1 aliphatic rings. The molecule has 9 heteroatoms. The summed E-state index contributed by atoms with van der Waals surface area (Å²) >= 11 is 0. The Balaban J connectivity index is 1.88. The maximum absolute atomic E-state index is 13.2. The summed E-state index contributed by atoms with van der Waals surface area (Å²) in [5.41, 5.74) is 0.818. The topological polar surface area (TPSA) is 106 Å². The van der Waals surface area contributed by atoms with Crippen molar-refractivity contribution in [1.29, 1.82) is 0 Å². The van der Waals surface area contributed by atoms with Gasteiger partial charge in [0.25, 0.3) is 11.8 Å². The minimum Gasteiger partial charge on any atom is -0.491 e. The summed E-state index contributed by atoms with van der Waals surface area (Å²) in [4.78, 5) is 27.1. The number of likely N-dealkylation sites (N-methyl/N-ethyl adjacent to an activating group) is 1. The third-order valence-electron chi connectivity index (χ3n) is 5.14. The van der Waals surface area contributed by atoms with Gasteiger partial charge in [0.1, 0.15) is 12.4 Å². The van der Waals surface area contributed by atoms with Crippen molar-refractivity contribution in [2.75, 3.05) is 39.2 Å². The van der Waals surface area contributed by atoms with Gasteiger partial charge < -0.3 is 29.5 Å². The summed E-state index contributed by atoms with van der Waals surface area (Å²) in [6.45, 7) is 5.70. The van der Waals surface area contributed by atoms with Gasteiger partial charge in [-0.3, -0.25) is 9.59 Å². The molecule has 9 nitrogen and oxygen atoms in total. The molecule has 2 amide bonds. The van der Waals surface area contributed by atoms with Crippen molar-refractivity contribution in [1.82, 2.24) is 15.4 Å². The second kappa shape index (κ2) is 9.73. The van der Waals surface area contributed by atoms with Gasteiger partial charge >= 0.3 is 0 Å². The second-order valence-electron chi connectivity index (χ2n) is 7.60. The molecule has 0 unspecified atom stereocenters. The number of nitrogens with one attached hydrogen (secondary N) is 2. The monoisotopic (exact) mass is 416 g/mol. The Morgan fingerprint density at radius 3 is 2.83 bits per heavy atom. The predicted molar refractivity (Wildman–Crippen MR) is 111 cm³/mol. The van der Waals surface area contributed by atoms with E-state index in [9.17, 15) is 9.59 Å². The summed E-state index contributed by atoms with van der Waals surface area (Å²) in [6.07, 6.45) is 1.28. The average molecular weight is 416 g/mol. The van der Waals surface area contributed by atoms with Gasteiger partial charge in [0.05, 0.1) is 17.9 Å². The third-order valence-corrected chi connectivity index (χ3v) is 5.14. The number of hydrogen-bond acceptors (Lipinski definition) is 7. The summed E-state index contributed by atoms with van der Waals surface area (Å²) in [7, 11) is 3.38. The Morgan fingerprint density at radius 2 is 2.13 bits per heavy atom. The van der Waals surface area contributed by atoms with Crippen LogP contribution < -0.4 is 15.4 Å². The van der Waals surface area contributed by atoms with Gasteiger partial charge in [-0.15, -0.1) is 0 Å². The first-order chi connectivity index (χ1) is 14.4. The first kappa shape index (κ1) is 21.8. The lowest BCUT2D eigenvalue weighted by molar-refractivity contribution is 0.0281. The summed E-state index contributed by atoms with van der Waals surface area (Å²) in [6, 6.07) is 6.54. The van der Waals surface area contributed by atoms with E-state index in [0.717, 1.165) is 6.54 Å². The lowest BCUT2D eigenvalue weighted by atomic mass is 10.0. The fourth-order valence-corrected chi connectivity index (χ4v) is 3.26. The van der Waals surface area contributed by atoms with Crippen LogP contribution in [0.25, 0.3) is 0 Å². The molecule has 0 fully saturated rings. The van der Waals surface area contributed by atoms with Crippen LogP contribution in [0.3, 0.4) is 0 Å². The minimum atomic E-state index is -0.451. The Morgan fingerprint density at radius 1 is 1.33 bits per heavy atom. The highest BCUT2D eigenvalue weighted by Crippen LogP contribution is 2.26. The van der Waals surface area contributed by atoms with Gasteiger partial charge in [0.15, 0.2) is 0 Å². The number of fused-ring (bicyclic) bond motifs is 1. The smallest absolute Gasteiger partial charge is 0.294 e. The number of carbonyl (C=O) groups excluding carboxylic acids is 2. The highest BCUT2D eigenvalue weighted by Gasteiger charge is 2.25. The zero-order chi connectivity index (χ0) is 21.7. The highest BCUT2D eigenvalue weighted by atomic mass is 16.5. The molecule has 3 atom stereocenters. The molecule has 1 aromatic heterocycles. The van der Waals surface area contributed by atoms with E-state index in [1.807, 2.05) is 6.92 Å². The number of hydrogen-bond donors (Lipinski definition) is 2. The molecule has 30 heavy (non-hydrogen) atoms. The molecule has 2 heterocycles. The molecule has 0 saturated heterocycles. The van der Waals surface area contributed by atoms with Crippen LogP contribution in [0.4, 0.5) is 5.69 Å². The van der Waals surface area contributed by atoms with E-state index in [4.69, 9.17) is 14.0 Å². The molecular weight excluding hydrogens is 388 g/mol. The molecule has 0 aliphatic carbocycles. The zero-order valence-electron chi connectivity index (χ0n) is 17.7. The lowest BCUT2D eigenvalue weighted by Gasteiger charge is -2.30. The SMILES string of the molecule is CO[C@@H]1CN(C)C(=O)c2cc(NC(=O)c3ccno3)ccc2OC[C@@H](C)NC[C@@H]1C. The highest BCUT2D eigenvalue weighted by molar-refractivity contribution is 6.04.